The zero-order valence-corrected chi connectivity index (χ0v) is 32.2. The molecule has 12 aromatic rings. The van der Waals surface area contributed by atoms with E-state index < -0.39 is 0 Å². The van der Waals surface area contributed by atoms with Gasteiger partial charge in [-0.2, -0.15) is 9.97 Å². The lowest BCUT2D eigenvalue weighted by molar-refractivity contribution is 0.865. The second kappa shape index (κ2) is 12.1. The maximum atomic E-state index is 5.16. The van der Waals surface area contributed by atoms with Gasteiger partial charge in [-0.3, -0.25) is 9.13 Å². The predicted molar refractivity (Wildman–Crippen MR) is 225 cm³/mol. The van der Waals surface area contributed by atoms with Gasteiger partial charge in [0.2, 0.25) is 11.6 Å². The summed E-state index contributed by atoms with van der Waals surface area (Å²) in [5, 5.41) is 9.06. The number of imidazole rings is 4. The van der Waals surface area contributed by atoms with Crippen LogP contribution in [-0.2, 0) is 14.1 Å². The summed E-state index contributed by atoms with van der Waals surface area (Å²) in [6.45, 7) is 3.96. The van der Waals surface area contributed by atoms with Gasteiger partial charge in [-0.1, -0.05) is 0 Å². The predicted octanol–water partition coefficient (Wildman–Crippen LogP) is 7.09. The van der Waals surface area contributed by atoms with Gasteiger partial charge >= 0.3 is 0 Å². The molecule has 0 saturated carbocycles. The van der Waals surface area contributed by atoms with Crippen molar-refractivity contribution in [2.75, 3.05) is 10.6 Å². The van der Waals surface area contributed by atoms with E-state index in [-0.39, 0.29) is 0 Å². The van der Waals surface area contributed by atoms with Gasteiger partial charge in [0.05, 0.1) is 51.4 Å². The van der Waals surface area contributed by atoms with E-state index in [1.807, 2.05) is 125 Å². The molecule has 0 unspecified atom stereocenters. The molecule has 0 bridgehead atoms. The molecule has 0 fully saturated rings. The van der Waals surface area contributed by atoms with Gasteiger partial charge in [0.15, 0.2) is 11.6 Å². The zero-order valence-electron chi connectivity index (χ0n) is 32.2. The molecule has 0 aliphatic heterocycles. The summed E-state index contributed by atoms with van der Waals surface area (Å²) < 4.78 is 14.1. The van der Waals surface area contributed by atoms with Crippen LogP contribution in [0.5, 0.6) is 0 Å². The average molecular weight is 776 g/mol. The number of nitrogens with zero attached hydrogens (tertiary/aromatic N) is 15. The van der Waals surface area contributed by atoms with Gasteiger partial charge < -0.3 is 28.9 Å². The highest BCUT2D eigenvalue weighted by Crippen LogP contribution is 2.38. The fourth-order valence-corrected chi connectivity index (χ4v) is 8.05. The smallest absolute Gasteiger partial charge is 0.240 e. The number of fused-ring (bicyclic) bond motifs is 2. The molecule has 0 saturated heterocycles. The van der Waals surface area contributed by atoms with Crippen LogP contribution in [0.4, 0.5) is 23.0 Å². The number of nitrogens with one attached hydrogen (secondary N) is 2. The Morgan fingerprint density at radius 3 is 1.41 bits per heavy atom. The first kappa shape index (κ1) is 32.9. The van der Waals surface area contributed by atoms with Crippen LogP contribution in [0.3, 0.4) is 0 Å². The molecule has 59 heavy (non-hydrogen) atoms. The second-order valence-electron chi connectivity index (χ2n) is 14.6. The van der Waals surface area contributed by atoms with Crippen LogP contribution in [0.2, 0.25) is 0 Å². The van der Waals surface area contributed by atoms with Gasteiger partial charge in [0.25, 0.3) is 0 Å². The fourth-order valence-electron chi connectivity index (χ4n) is 8.05. The Morgan fingerprint density at radius 1 is 0.525 bits per heavy atom. The van der Waals surface area contributed by atoms with Crippen LogP contribution >= 0.6 is 0 Å². The summed E-state index contributed by atoms with van der Waals surface area (Å²) >= 11 is 0. The number of aryl methyl sites for hydroxylation is 2. The molecule has 9 aromatic heterocycles. The number of aromatic nitrogens is 15. The quantitative estimate of drug-likeness (QED) is 0.163. The molecule has 2 N–H and O–H groups in total. The number of rotatable bonds is 8. The van der Waals surface area contributed by atoms with Gasteiger partial charge in [0, 0.05) is 61.0 Å². The van der Waals surface area contributed by atoms with Gasteiger partial charge in [0.1, 0.15) is 42.3 Å². The molecule has 286 valence electrons. The summed E-state index contributed by atoms with van der Waals surface area (Å²) in [6, 6.07) is 20.6. The first-order chi connectivity index (χ1) is 28.9. The standard InChI is InChI=1S/C42H33N17/c1-24-43-19-34(53(24)3)49-32-17-26(55-11-5-6-12-55)15-30-37(32)57(22-47-30)39-28-9-10-29-36(28)59-41(51-39)45-21-46-42(59)52-40(29)58-23-48-31-16-27(56-13-7-8-14-56)18-33(38(31)58)50-35-20-44-25(2)54(35)4/h5-23,49-50H,1-4H3. The van der Waals surface area contributed by atoms with E-state index in [4.69, 9.17) is 19.9 Å². The molecule has 12 rings (SSSR count). The van der Waals surface area contributed by atoms with E-state index in [9.17, 15) is 0 Å². The first-order valence-electron chi connectivity index (χ1n) is 18.9. The van der Waals surface area contributed by atoms with Gasteiger partial charge in [-0.05, 0) is 74.5 Å². The fraction of sp³-hybridized carbons (Fsp3) is 0.0952. The lowest BCUT2D eigenvalue weighted by Gasteiger charge is -2.17. The van der Waals surface area contributed by atoms with E-state index in [1.54, 1.807) is 0 Å². The van der Waals surface area contributed by atoms with Crippen molar-refractivity contribution in [2.45, 2.75) is 13.8 Å². The lowest BCUT2D eigenvalue weighted by atomic mass is 10.2. The van der Waals surface area contributed by atoms with Crippen molar-refractivity contribution in [3.05, 3.63) is 128 Å². The maximum absolute atomic E-state index is 5.16. The first-order valence-corrected chi connectivity index (χ1v) is 18.9. The SMILES string of the molecule is Cc1ncc(Nc2cc(-n3cccc3)cc3ncn(-c4nc5ncnc6nc(-n7cnc8cc(-n9cccc9)cc(Nc9cnc(C)n9C)c87)c7ccc4c7n56)c23)n1C. The van der Waals surface area contributed by atoms with Gasteiger partial charge in [-0.25, -0.2) is 34.3 Å². The minimum Gasteiger partial charge on any atom is -0.338 e. The summed E-state index contributed by atoms with van der Waals surface area (Å²) in [7, 11) is 3.98. The molecule has 0 radical (unpaired) electrons. The highest BCUT2D eigenvalue weighted by atomic mass is 15.3. The van der Waals surface area contributed by atoms with Crippen molar-refractivity contribution in [3.8, 4) is 23.0 Å². The third-order valence-corrected chi connectivity index (χ3v) is 11.3. The summed E-state index contributed by atoms with van der Waals surface area (Å²) in [6.07, 6.45) is 16.9. The van der Waals surface area contributed by atoms with E-state index in [0.29, 0.717) is 23.2 Å². The van der Waals surface area contributed by atoms with E-state index in [2.05, 4.69) is 76.1 Å². The van der Waals surface area contributed by atoms with Crippen molar-refractivity contribution in [1.82, 2.24) is 71.7 Å². The number of hydrogen-bond donors (Lipinski definition) is 2. The summed E-state index contributed by atoms with van der Waals surface area (Å²) in [5.41, 5.74) is 7.75. The third kappa shape index (κ3) is 4.84. The molecule has 3 aromatic carbocycles. The highest BCUT2D eigenvalue weighted by Gasteiger charge is 2.25. The van der Waals surface area contributed by atoms with Crippen molar-refractivity contribution in [3.63, 3.8) is 0 Å². The molecule has 17 nitrogen and oxygen atoms in total. The minimum atomic E-state index is 0.455. The van der Waals surface area contributed by atoms with Crippen molar-refractivity contribution in [1.29, 1.82) is 0 Å². The Balaban J connectivity index is 1.09. The van der Waals surface area contributed by atoms with Crippen molar-refractivity contribution < 1.29 is 0 Å². The van der Waals surface area contributed by atoms with Crippen LogP contribution < -0.4 is 10.6 Å². The van der Waals surface area contributed by atoms with Crippen LogP contribution in [0.25, 0.3) is 72.9 Å². The summed E-state index contributed by atoms with van der Waals surface area (Å²) in [5.74, 6) is 5.71. The van der Waals surface area contributed by atoms with E-state index >= 15 is 0 Å². The minimum absolute atomic E-state index is 0.455. The third-order valence-electron chi connectivity index (χ3n) is 11.3. The Hall–Kier alpha value is -8.34. The monoisotopic (exact) mass is 775 g/mol. The maximum Gasteiger partial charge on any atom is 0.240 e. The Bertz CT molecular complexity index is 3330. The van der Waals surface area contributed by atoms with Crippen LogP contribution in [0.1, 0.15) is 11.6 Å². The molecular weight excluding hydrogens is 743 g/mol. The molecule has 0 spiro atoms. The summed E-state index contributed by atoms with van der Waals surface area (Å²) in [4.78, 5) is 38.6. The van der Waals surface area contributed by atoms with E-state index in [0.717, 1.165) is 84.4 Å². The van der Waals surface area contributed by atoms with Crippen LogP contribution in [0, 0.1) is 13.8 Å². The average Bonchev–Trinajstić information content (AvgIpc) is 4.11. The molecule has 9 heterocycles. The Kier molecular flexibility index (Phi) is 6.73. The van der Waals surface area contributed by atoms with Gasteiger partial charge in [-0.15, -0.1) is 0 Å². The highest BCUT2D eigenvalue weighted by molar-refractivity contribution is 6.08. The molecular formula is C42H33N17. The second-order valence-corrected chi connectivity index (χ2v) is 14.6. The number of benzene rings is 2. The zero-order chi connectivity index (χ0) is 39.5. The molecule has 17 heteroatoms. The Morgan fingerprint density at radius 2 is 0.983 bits per heavy atom. The topological polar surface area (TPSA) is 161 Å². The normalized spacial score (nSPS) is 12.1. The van der Waals surface area contributed by atoms with Crippen molar-refractivity contribution in [2.24, 2.45) is 14.1 Å². The van der Waals surface area contributed by atoms with Crippen LogP contribution in [-0.4, -0.2) is 71.7 Å². The lowest BCUT2D eigenvalue weighted by Crippen LogP contribution is -2.10. The van der Waals surface area contributed by atoms with Crippen LogP contribution in [0.15, 0.2) is 117 Å². The van der Waals surface area contributed by atoms with Crippen molar-refractivity contribution >= 4 is 72.9 Å². The number of anilines is 4. The van der Waals surface area contributed by atoms with E-state index in [1.165, 1.54) is 6.33 Å². The molecule has 0 aliphatic rings. The molecule has 0 aliphatic carbocycles. The molecule has 0 atom stereocenters. The molecule has 0 amide bonds. The number of hydrogen-bond acceptors (Lipinski definition) is 10. The Labute approximate surface area is 333 Å². The largest absolute Gasteiger partial charge is 0.338 e.